The first-order chi connectivity index (χ1) is 24.9. The van der Waals surface area contributed by atoms with E-state index >= 15 is 0 Å². The van der Waals surface area contributed by atoms with E-state index in [1.165, 1.54) is 23.3 Å². The molecule has 278 valence electrons. The number of halogens is 1. The number of thiazole rings is 1. The first-order valence-electron chi connectivity index (χ1n) is 17.8. The number of allylic oxidation sites excluding steroid dienone is 1. The second kappa shape index (κ2) is 14.5. The van der Waals surface area contributed by atoms with E-state index in [2.05, 4.69) is 29.2 Å². The molecule has 3 aromatic rings. The van der Waals surface area contributed by atoms with Crippen LogP contribution >= 0.6 is 22.9 Å². The van der Waals surface area contributed by atoms with E-state index in [-0.39, 0.29) is 31.2 Å². The van der Waals surface area contributed by atoms with Gasteiger partial charge in [-0.25, -0.2) is 23.2 Å². The number of methoxy groups -OCH3 is 1. The summed E-state index contributed by atoms with van der Waals surface area (Å²) < 4.78 is 39.9. The Labute approximate surface area is 311 Å². The molecule has 2 aliphatic heterocycles. The Morgan fingerprint density at radius 1 is 1.15 bits per heavy atom. The van der Waals surface area contributed by atoms with E-state index in [1.54, 1.807) is 18.2 Å². The molecule has 4 amide bonds. The predicted octanol–water partition coefficient (Wildman–Crippen LogP) is 5.29. The zero-order chi connectivity index (χ0) is 36.8. The van der Waals surface area contributed by atoms with Gasteiger partial charge in [0.1, 0.15) is 44.9 Å². The number of ether oxygens (including phenoxy) is 2. The second-order valence-electron chi connectivity index (χ2n) is 14.3. The number of rotatable bonds is 8. The molecule has 1 aromatic carbocycles. The van der Waals surface area contributed by atoms with E-state index in [9.17, 15) is 22.8 Å². The molecule has 13 nitrogen and oxygen atoms in total. The van der Waals surface area contributed by atoms with Crippen molar-refractivity contribution in [3.05, 3.63) is 46.4 Å². The fourth-order valence-corrected chi connectivity index (χ4v) is 9.45. The minimum Gasteiger partial charge on any atom is -0.495 e. The minimum atomic E-state index is -3.85. The smallest absolute Gasteiger partial charge is 0.318 e. The summed E-state index contributed by atoms with van der Waals surface area (Å²) in [5.74, 6) is -0.559. The highest BCUT2D eigenvalue weighted by Gasteiger charge is 2.62. The van der Waals surface area contributed by atoms with Gasteiger partial charge in [-0.15, -0.1) is 11.3 Å². The number of amides is 4. The van der Waals surface area contributed by atoms with Gasteiger partial charge in [0.25, 0.3) is 5.91 Å². The number of hydrogen-bond donors (Lipinski definition) is 3. The molecule has 4 heterocycles. The third-order valence-electron chi connectivity index (χ3n) is 10.2. The molecule has 0 spiro atoms. The molecular formula is C36H43ClN6O7S2. The summed E-state index contributed by atoms with van der Waals surface area (Å²) in [5, 5.41) is 8.86. The standard InChI is InChI=1S/C36H43ClN6O7S2/c1-20(2)26-19-51-33(40-26)25-16-29(24-12-13-28(49-3)30(37)31(24)39-25)50-22-15-27-32(44)41-36(34(45)42-52(47,48)23-10-11-23)17-21(36)9-7-5-4-6-8-14-38-35(46)43(27)18-22/h7,9,12-13,16,19-23,27H,4-6,8,10-11,14-15,17-18H2,1-3H3,(H,38,46)(H,41,44)(H,42,45)/b9-7-/t21-,22-,27+,36-/m1/s1. The molecule has 4 atom stereocenters. The highest BCUT2D eigenvalue weighted by molar-refractivity contribution is 7.91. The van der Waals surface area contributed by atoms with E-state index in [4.69, 9.17) is 31.0 Å². The summed E-state index contributed by atoms with van der Waals surface area (Å²) in [4.78, 5) is 52.5. The fourth-order valence-electron chi connectivity index (χ4n) is 6.87. The number of carbonyl (C=O) groups excluding carboxylic acids is 3. The van der Waals surface area contributed by atoms with Crippen molar-refractivity contribution < 1.29 is 32.3 Å². The topological polar surface area (TPSA) is 169 Å². The Morgan fingerprint density at radius 2 is 1.96 bits per heavy atom. The maximum absolute atomic E-state index is 14.2. The van der Waals surface area contributed by atoms with Crippen LogP contribution in [-0.4, -0.2) is 84.3 Å². The van der Waals surface area contributed by atoms with Crippen LogP contribution in [0.15, 0.2) is 35.7 Å². The average Bonchev–Trinajstić information content (AvgIpc) is 3.98. The van der Waals surface area contributed by atoms with Gasteiger partial charge < -0.3 is 25.0 Å². The van der Waals surface area contributed by atoms with Gasteiger partial charge in [-0.3, -0.25) is 14.3 Å². The van der Waals surface area contributed by atoms with Crippen molar-refractivity contribution in [2.75, 3.05) is 20.2 Å². The molecule has 1 saturated heterocycles. The molecule has 3 fully saturated rings. The molecule has 2 aromatic heterocycles. The van der Waals surface area contributed by atoms with Crippen molar-refractivity contribution in [2.24, 2.45) is 5.92 Å². The van der Waals surface area contributed by atoms with E-state index in [0.29, 0.717) is 57.5 Å². The Morgan fingerprint density at radius 3 is 2.69 bits per heavy atom. The quantitative estimate of drug-likeness (QED) is 0.258. The number of hydrogen-bond acceptors (Lipinski definition) is 10. The third kappa shape index (κ3) is 7.31. The van der Waals surface area contributed by atoms with Crippen LogP contribution in [0.5, 0.6) is 11.5 Å². The molecule has 0 bridgehead atoms. The largest absolute Gasteiger partial charge is 0.495 e. The summed E-state index contributed by atoms with van der Waals surface area (Å²) in [7, 11) is -2.32. The second-order valence-corrected chi connectivity index (χ2v) is 17.5. The van der Waals surface area contributed by atoms with Crippen molar-refractivity contribution in [3.8, 4) is 22.2 Å². The van der Waals surface area contributed by atoms with Crippen molar-refractivity contribution in [2.45, 2.75) is 94.1 Å². The Balaban J connectivity index is 1.20. The number of fused-ring (bicyclic) bond motifs is 3. The molecule has 16 heteroatoms. The Kier molecular flexibility index (Phi) is 10.1. The number of nitrogens with one attached hydrogen (secondary N) is 3. The van der Waals surface area contributed by atoms with Crippen molar-refractivity contribution in [1.29, 1.82) is 0 Å². The first-order valence-corrected chi connectivity index (χ1v) is 20.6. The van der Waals surface area contributed by atoms with Crippen LogP contribution in [-0.2, 0) is 19.6 Å². The van der Waals surface area contributed by atoms with Crippen LogP contribution in [0, 0.1) is 5.92 Å². The molecule has 4 aliphatic rings. The molecule has 2 saturated carbocycles. The highest BCUT2D eigenvalue weighted by atomic mass is 35.5. The van der Waals surface area contributed by atoms with Crippen LogP contribution in [0.25, 0.3) is 21.6 Å². The van der Waals surface area contributed by atoms with Crippen LogP contribution in [0.4, 0.5) is 4.79 Å². The predicted molar refractivity (Wildman–Crippen MR) is 198 cm³/mol. The molecule has 0 radical (unpaired) electrons. The van der Waals surface area contributed by atoms with Gasteiger partial charge in [-0.05, 0) is 56.6 Å². The van der Waals surface area contributed by atoms with Crippen molar-refractivity contribution in [1.82, 2.24) is 30.2 Å². The first kappa shape index (κ1) is 36.4. The van der Waals surface area contributed by atoms with Crippen molar-refractivity contribution >= 4 is 61.7 Å². The van der Waals surface area contributed by atoms with Crippen LogP contribution in [0.2, 0.25) is 5.02 Å². The number of sulfonamides is 1. The zero-order valence-corrected chi connectivity index (χ0v) is 31.7. The SMILES string of the molecule is COc1ccc2c(O[C@@H]3C[C@H]4C(=O)N[C@]5(C(=O)NS(=O)(=O)C6CC6)C[C@H]5/C=C\CCCCCNC(=O)N4C3)cc(-c3nc(C(C)C)cs3)nc2c1Cl. The summed E-state index contributed by atoms with van der Waals surface area (Å²) in [6.45, 7) is 4.66. The van der Waals surface area contributed by atoms with Crippen LogP contribution in [0.1, 0.15) is 76.8 Å². The lowest BCUT2D eigenvalue weighted by Gasteiger charge is -2.26. The number of nitrogens with zero attached hydrogens (tertiary/aromatic N) is 3. The minimum absolute atomic E-state index is 0.0836. The van der Waals surface area contributed by atoms with E-state index in [1.807, 2.05) is 17.5 Å². The maximum atomic E-state index is 14.2. The Hall–Kier alpha value is -3.95. The number of benzene rings is 1. The molecule has 52 heavy (non-hydrogen) atoms. The Bertz CT molecular complexity index is 2030. The van der Waals surface area contributed by atoms with Gasteiger partial charge in [0.2, 0.25) is 15.9 Å². The van der Waals surface area contributed by atoms with Gasteiger partial charge in [0, 0.05) is 35.7 Å². The van der Waals surface area contributed by atoms with Gasteiger partial charge in [-0.1, -0.05) is 44.0 Å². The summed E-state index contributed by atoms with van der Waals surface area (Å²) >= 11 is 8.24. The fraction of sp³-hybridized carbons (Fsp3) is 0.528. The van der Waals surface area contributed by atoms with Crippen LogP contribution < -0.4 is 24.8 Å². The number of carbonyl (C=O) groups is 3. The normalized spacial score (nSPS) is 26.0. The molecule has 7 rings (SSSR count). The van der Waals surface area contributed by atoms with Gasteiger partial charge in [-0.2, -0.15) is 0 Å². The monoisotopic (exact) mass is 770 g/mol. The van der Waals surface area contributed by atoms with Crippen LogP contribution in [0.3, 0.4) is 0 Å². The summed E-state index contributed by atoms with van der Waals surface area (Å²) in [6.07, 6.45) is 7.93. The average molecular weight is 771 g/mol. The zero-order valence-electron chi connectivity index (χ0n) is 29.3. The molecular weight excluding hydrogens is 728 g/mol. The third-order valence-corrected chi connectivity index (χ3v) is 13.2. The molecule has 2 aliphatic carbocycles. The van der Waals surface area contributed by atoms with Crippen molar-refractivity contribution in [3.63, 3.8) is 0 Å². The summed E-state index contributed by atoms with van der Waals surface area (Å²) in [5.41, 5.74) is 0.508. The lowest BCUT2D eigenvalue weighted by Crippen LogP contribution is -2.57. The highest BCUT2D eigenvalue weighted by Crippen LogP contribution is 2.46. The number of pyridine rings is 1. The summed E-state index contributed by atoms with van der Waals surface area (Å²) in [6, 6.07) is 3.92. The lowest BCUT2D eigenvalue weighted by atomic mass is 10.1. The molecule has 3 N–H and O–H groups in total. The van der Waals surface area contributed by atoms with Gasteiger partial charge >= 0.3 is 6.03 Å². The lowest BCUT2D eigenvalue weighted by molar-refractivity contribution is -0.131. The van der Waals surface area contributed by atoms with E-state index < -0.39 is 50.8 Å². The maximum Gasteiger partial charge on any atom is 0.318 e. The van der Waals surface area contributed by atoms with Gasteiger partial charge in [0.15, 0.2) is 0 Å². The van der Waals surface area contributed by atoms with Gasteiger partial charge in [0.05, 0.1) is 30.1 Å². The number of urea groups is 1. The molecule has 0 unspecified atom stereocenters. The number of aromatic nitrogens is 2. The van der Waals surface area contributed by atoms with E-state index in [0.717, 1.165) is 31.4 Å².